The molecule has 0 fully saturated rings. The first-order chi connectivity index (χ1) is 8.06. The van der Waals surface area contributed by atoms with Crippen molar-refractivity contribution < 1.29 is 18.7 Å². The van der Waals surface area contributed by atoms with Gasteiger partial charge in [0.2, 0.25) is 0 Å². The Morgan fingerprint density at radius 3 is 2.94 bits per heavy atom. The predicted octanol–water partition coefficient (Wildman–Crippen LogP) is 2.92. The van der Waals surface area contributed by atoms with Crippen LogP contribution in [0.25, 0.3) is 0 Å². The van der Waals surface area contributed by atoms with Gasteiger partial charge in [0.1, 0.15) is 17.7 Å². The van der Waals surface area contributed by atoms with Crippen LogP contribution < -0.4 is 0 Å². The molecular formula is C12H11F2NO2. The van der Waals surface area contributed by atoms with Gasteiger partial charge in [-0.25, -0.2) is 8.78 Å². The van der Waals surface area contributed by atoms with Crippen molar-refractivity contribution in [1.29, 1.82) is 0 Å². The van der Waals surface area contributed by atoms with Gasteiger partial charge in [-0.15, -0.1) is 0 Å². The minimum absolute atomic E-state index is 0.00831. The van der Waals surface area contributed by atoms with Crippen LogP contribution in [-0.2, 0) is 4.84 Å². The fourth-order valence-electron chi connectivity index (χ4n) is 1.68. The number of rotatable bonds is 3. The maximum Gasteiger partial charge on any atom is 0.140 e. The molecule has 1 N–H and O–H groups in total. The molecule has 5 heteroatoms. The molecule has 0 spiro atoms. The monoisotopic (exact) mass is 239 g/mol. The van der Waals surface area contributed by atoms with E-state index in [1.165, 1.54) is 12.1 Å². The van der Waals surface area contributed by atoms with Gasteiger partial charge in [0.15, 0.2) is 0 Å². The lowest BCUT2D eigenvalue weighted by molar-refractivity contribution is 0.0779. The molecule has 1 aromatic carbocycles. The predicted molar refractivity (Wildman–Crippen MR) is 58.8 cm³/mol. The summed E-state index contributed by atoms with van der Waals surface area (Å²) in [5.41, 5.74) is 0.631. The second-order valence-corrected chi connectivity index (χ2v) is 3.86. The van der Waals surface area contributed by atoms with E-state index >= 15 is 0 Å². The van der Waals surface area contributed by atoms with Crippen LogP contribution in [0.15, 0.2) is 35.7 Å². The number of aliphatic hydroxyl groups excluding tert-OH is 1. The Bertz CT molecular complexity index is 485. The number of benzene rings is 1. The van der Waals surface area contributed by atoms with E-state index in [-0.39, 0.29) is 23.8 Å². The Kier molecular flexibility index (Phi) is 3.08. The van der Waals surface area contributed by atoms with Gasteiger partial charge >= 0.3 is 0 Å². The zero-order chi connectivity index (χ0) is 12.4. The van der Waals surface area contributed by atoms with Crippen LogP contribution in [0.4, 0.5) is 8.78 Å². The summed E-state index contributed by atoms with van der Waals surface area (Å²) in [5.74, 6) is -1.31. The standard InChI is InChI=1S/C12H11F2NO2/c1-7(16)4-9-6-12(15-17-9)10-3-2-8(13)5-11(10)14/h2-3,5,9,16H,1,4,6H2. The SMILES string of the molecule is C=C(O)CC1CC(c2ccc(F)cc2F)=NO1. The molecule has 0 aliphatic carbocycles. The largest absolute Gasteiger partial charge is 0.513 e. The first-order valence-corrected chi connectivity index (χ1v) is 5.11. The lowest BCUT2D eigenvalue weighted by Crippen LogP contribution is -2.10. The van der Waals surface area contributed by atoms with Crippen LogP contribution in [0.2, 0.25) is 0 Å². The molecule has 1 unspecified atom stereocenters. The molecule has 0 saturated carbocycles. The Labute approximate surface area is 97.0 Å². The van der Waals surface area contributed by atoms with Crippen molar-refractivity contribution in [2.24, 2.45) is 5.16 Å². The summed E-state index contributed by atoms with van der Waals surface area (Å²) >= 11 is 0. The van der Waals surface area contributed by atoms with E-state index in [0.717, 1.165) is 6.07 Å². The number of nitrogens with zero attached hydrogens (tertiary/aromatic N) is 1. The third kappa shape index (κ3) is 2.61. The van der Waals surface area contributed by atoms with Crippen LogP contribution in [0, 0.1) is 11.6 Å². The van der Waals surface area contributed by atoms with Crippen LogP contribution in [-0.4, -0.2) is 16.9 Å². The van der Waals surface area contributed by atoms with Crippen molar-refractivity contribution in [3.05, 3.63) is 47.7 Å². The van der Waals surface area contributed by atoms with Gasteiger partial charge in [0.25, 0.3) is 0 Å². The maximum atomic E-state index is 13.4. The molecule has 1 aliphatic rings. The molecule has 90 valence electrons. The van der Waals surface area contributed by atoms with Crippen molar-refractivity contribution in [3.8, 4) is 0 Å². The van der Waals surface area contributed by atoms with E-state index in [0.29, 0.717) is 12.1 Å². The summed E-state index contributed by atoms with van der Waals surface area (Å²) in [6, 6.07) is 3.29. The summed E-state index contributed by atoms with van der Waals surface area (Å²) in [6.45, 7) is 3.35. The maximum absolute atomic E-state index is 13.4. The molecule has 17 heavy (non-hydrogen) atoms. The molecule has 1 heterocycles. The van der Waals surface area contributed by atoms with Crippen LogP contribution in [0.3, 0.4) is 0 Å². The van der Waals surface area contributed by atoms with Crippen LogP contribution in [0.1, 0.15) is 18.4 Å². The van der Waals surface area contributed by atoms with Crippen molar-refractivity contribution in [2.45, 2.75) is 18.9 Å². The van der Waals surface area contributed by atoms with Crippen molar-refractivity contribution >= 4 is 5.71 Å². The van der Waals surface area contributed by atoms with E-state index in [4.69, 9.17) is 9.94 Å². The van der Waals surface area contributed by atoms with Gasteiger partial charge in [0.05, 0.1) is 11.5 Å². The third-order valence-corrected chi connectivity index (χ3v) is 2.44. The first-order valence-electron chi connectivity index (χ1n) is 5.11. The molecule has 0 saturated heterocycles. The zero-order valence-corrected chi connectivity index (χ0v) is 8.99. The summed E-state index contributed by atoms with van der Waals surface area (Å²) in [7, 11) is 0. The van der Waals surface area contributed by atoms with E-state index in [1.807, 2.05) is 0 Å². The fourth-order valence-corrected chi connectivity index (χ4v) is 1.68. The van der Waals surface area contributed by atoms with E-state index < -0.39 is 11.6 Å². The second kappa shape index (κ2) is 4.53. The van der Waals surface area contributed by atoms with E-state index in [1.54, 1.807) is 0 Å². The van der Waals surface area contributed by atoms with Gasteiger partial charge in [-0.2, -0.15) is 0 Å². The van der Waals surface area contributed by atoms with Crippen molar-refractivity contribution in [2.75, 3.05) is 0 Å². The highest BCUT2D eigenvalue weighted by molar-refractivity contribution is 6.01. The van der Waals surface area contributed by atoms with Crippen molar-refractivity contribution in [1.82, 2.24) is 0 Å². The highest BCUT2D eigenvalue weighted by Gasteiger charge is 2.24. The Morgan fingerprint density at radius 2 is 2.29 bits per heavy atom. The van der Waals surface area contributed by atoms with E-state index in [2.05, 4.69) is 11.7 Å². The van der Waals surface area contributed by atoms with Gasteiger partial charge < -0.3 is 9.94 Å². The third-order valence-electron chi connectivity index (χ3n) is 2.44. The van der Waals surface area contributed by atoms with Gasteiger partial charge in [-0.1, -0.05) is 11.7 Å². The molecule has 0 radical (unpaired) electrons. The smallest absolute Gasteiger partial charge is 0.140 e. The minimum atomic E-state index is -0.671. The Balaban J connectivity index is 2.12. The highest BCUT2D eigenvalue weighted by atomic mass is 19.1. The average Bonchev–Trinajstić information content (AvgIpc) is 2.65. The lowest BCUT2D eigenvalue weighted by Gasteiger charge is -2.05. The molecule has 0 bridgehead atoms. The number of halogens is 2. The zero-order valence-electron chi connectivity index (χ0n) is 8.99. The van der Waals surface area contributed by atoms with Gasteiger partial charge in [-0.05, 0) is 12.1 Å². The molecule has 0 aromatic heterocycles. The summed E-state index contributed by atoms with van der Waals surface area (Å²) in [6.07, 6.45) is 0.268. The van der Waals surface area contributed by atoms with Crippen LogP contribution >= 0.6 is 0 Å². The second-order valence-electron chi connectivity index (χ2n) is 3.86. The number of aliphatic hydroxyl groups is 1. The van der Waals surface area contributed by atoms with Gasteiger partial charge in [-0.3, -0.25) is 0 Å². The highest BCUT2D eigenvalue weighted by Crippen LogP contribution is 2.22. The molecule has 3 nitrogen and oxygen atoms in total. The summed E-state index contributed by atoms with van der Waals surface area (Å²) in [5, 5.41) is 12.7. The average molecular weight is 239 g/mol. The lowest BCUT2D eigenvalue weighted by atomic mass is 10.0. The molecule has 1 aliphatic heterocycles. The van der Waals surface area contributed by atoms with Gasteiger partial charge in [0, 0.05) is 24.5 Å². The topological polar surface area (TPSA) is 41.8 Å². The molecule has 2 rings (SSSR count). The normalized spacial score (nSPS) is 18.7. The first kappa shape index (κ1) is 11.6. The summed E-state index contributed by atoms with van der Waals surface area (Å²) in [4.78, 5) is 5.02. The quantitative estimate of drug-likeness (QED) is 0.824. The minimum Gasteiger partial charge on any atom is -0.513 e. The number of hydrogen-bond donors (Lipinski definition) is 1. The van der Waals surface area contributed by atoms with E-state index in [9.17, 15) is 8.78 Å². The number of hydrogen-bond acceptors (Lipinski definition) is 3. The van der Waals surface area contributed by atoms with Crippen molar-refractivity contribution in [3.63, 3.8) is 0 Å². The molecule has 1 aromatic rings. The number of oxime groups is 1. The fraction of sp³-hybridized carbons (Fsp3) is 0.250. The van der Waals surface area contributed by atoms with Crippen LogP contribution in [0.5, 0.6) is 0 Å². The summed E-state index contributed by atoms with van der Waals surface area (Å²) < 4.78 is 26.2. The molecule has 0 amide bonds. The molecule has 1 atom stereocenters. The Hall–Kier alpha value is -1.91. The Morgan fingerprint density at radius 1 is 1.53 bits per heavy atom. The molecular weight excluding hydrogens is 228 g/mol.